The van der Waals surface area contributed by atoms with Gasteiger partial charge in [0.2, 0.25) is 5.91 Å². The Hall–Kier alpha value is -1.92. The van der Waals surface area contributed by atoms with E-state index in [4.69, 9.17) is 4.74 Å². The number of benzene rings is 1. The van der Waals surface area contributed by atoms with Crippen molar-refractivity contribution in [1.29, 1.82) is 0 Å². The number of likely N-dealkylation sites (tertiary alicyclic amines) is 1. The number of aliphatic carboxylic acids is 1. The van der Waals surface area contributed by atoms with E-state index >= 15 is 0 Å². The van der Waals surface area contributed by atoms with Crippen LogP contribution in [0.4, 0.5) is 0 Å². The lowest BCUT2D eigenvalue weighted by Crippen LogP contribution is -2.59. The zero-order valence-corrected chi connectivity index (χ0v) is 16.4. The zero-order chi connectivity index (χ0) is 19.6. The topological polar surface area (TPSA) is 70.1 Å². The average molecular weight is 386 g/mol. The Bertz CT molecular complexity index is 694. The predicted molar refractivity (Wildman–Crippen MR) is 104 cm³/mol. The highest BCUT2D eigenvalue weighted by atomic mass is 16.5. The van der Waals surface area contributed by atoms with Gasteiger partial charge in [-0.15, -0.1) is 0 Å². The lowest BCUT2D eigenvalue weighted by atomic mass is 9.86. The van der Waals surface area contributed by atoms with E-state index in [0.717, 1.165) is 45.3 Å². The fraction of sp³-hybridized carbons (Fsp3) is 0.636. The molecule has 1 aliphatic carbocycles. The van der Waals surface area contributed by atoms with E-state index < -0.39 is 17.7 Å². The molecule has 1 saturated carbocycles. The van der Waals surface area contributed by atoms with Crippen LogP contribution in [0.25, 0.3) is 0 Å². The largest absolute Gasteiger partial charge is 0.480 e. The van der Waals surface area contributed by atoms with Gasteiger partial charge >= 0.3 is 5.97 Å². The lowest BCUT2D eigenvalue weighted by molar-refractivity contribution is -0.170. The van der Waals surface area contributed by atoms with Crippen molar-refractivity contribution in [1.82, 2.24) is 9.80 Å². The molecule has 3 aliphatic rings. The van der Waals surface area contributed by atoms with Crippen LogP contribution in [0.3, 0.4) is 0 Å². The first-order valence-corrected chi connectivity index (χ1v) is 10.6. The van der Waals surface area contributed by atoms with Crippen molar-refractivity contribution in [2.45, 2.75) is 63.3 Å². The van der Waals surface area contributed by atoms with Gasteiger partial charge in [-0.2, -0.15) is 0 Å². The van der Waals surface area contributed by atoms with Crippen LogP contribution in [-0.2, 0) is 20.9 Å². The lowest BCUT2D eigenvalue weighted by Gasteiger charge is -2.45. The maximum absolute atomic E-state index is 13.3. The smallest absolute Gasteiger partial charge is 0.328 e. The highest BCUT2D eigenvalue weighted by Crippen LogP contribution is 2.40. The van der Waals surface area contributed by atoms with Gasteiger partial charge < -0.3 is 9.84 Å². The molecule has 28 heavy (non-hydrogen) atoms. The van der Waals surface area contributed by atoms with E-state index in [1.54, 1.807) is 4.90 Å². The zero-order valence-electron chi connectivity index (χ0n) is 16.4. The number of ether oxygens (including phenoxy) is 1. The number of carbonyl (C=O) groups excluding carboxylic acids is 1. The van der Waals surface area contributed by atoms with Crippen molar-refractivity contribution >= 4 is 11.9 Å². The Labute approximate surface area is 166 Å². The molecule has 1 spiro atoms. The van der Waals surface area contributed by atoms with Crippen LogP contribution in [0.5, 0.6) is 0 Å². The first kappa shape index (κ1) is 19.4. The Balaban J connectivity index is 1.47. The monoisotopic (exact) mass is 386 g/mol. The normalized spacial score (nSPS) is 25.9. The van der Waals surface area contributed by atoms with Gasteiger partial charge in [-0.05, 0) is 18.4 Å². The van der Waals surface area contributed by atoms with Crippen LogP contribution in [0.1, 0.15) is 50.5 Å². The summed E-state index contributed by atoms with van der Waals surface area (Å²) in [6.45, 7) is 2.58. The number of amides is 1. The first-order chi connectivity index (χ1) is 13.6. The van der Waals surface area contributed by atoms with Gasteiger partial charge in [0.25, 0.3) is 0 Å². The molecule has 1 atom stereocenters. The molecular formula is C22H30N2O4. The van der Waals surface area contributed by atoms with Crippen molar-refractivity contribution in [3.63, 3.8) is 0 Å². The summed E-state index contributed by atoms with van der Waals surface area (Å²) in [5.41, 5.74) is 0.523. The molecule has 2 saturated heterocycles. The van der Waals surface area contributed by atoms with Gasteiger partial charge in [0, 0.05) is 38.4 Å². The third kappa shape index (κ3) is 3.80. The van der Waals surface area contributed by atoms with Crippen LogP contribution >= 0.6 is 0 Å². The summed E-state index contributed by atoms with van der Waals surface area (Å²) in [5, 5.41) is 9.71. The van der Waals surface area contributed by atoms with Gasteiger partial charge in [0.1, 0.15) is 5.72 Å². The van der Waals surface area contributed by atoms with Crippen molar-refractivity contribution < 1.29 is 19.4 Å². The summed E-state index contributed by atoms with van der Waals surface area (Å²) in [5.74, 6) is -0.995. The minimum atomic E-state index is -0.951. The molecule has 1 unspecified atom stereocenters. The fourth-order valence-electron chi connectivity index (χ4n) is 5.03. The maximum atomic E-state index is 13.3. The van der Waals surface area contributed by atoms with Gasteiger partial charge in [-0.3, -0.25) is 14.6 Å². The third-order valence-corrected chi connectivity index (χ3v) is 6.62. The Kier molecular flexibility index (Phi) is 5.69. The highest BCUT2D eigenvalue weighted by molar-refractivity contribution is 5.86. The van der Waals surface area contributed by atoms with E-state index in [2.05, 4.69) is 17.0 Å². The fourth-order valence-corrected chi connectivity index (χ4v) is 5.03. The van der Waals surface area contributed by atoms with Crippen molar-refractivity contribution in [3.8, 4) is 0 Å². The number of carbonyl (C=O) groups is 2. The average Bonchev–Trinajstić information content (AvgIpc) is 3.10. The summed E-state index contributed by atoms with van der Waals surface area (Å²) in [7, 11) is 0. The molecule has 6 nitrogen and oxygen atoms in total. The van der Waals surface area contributed by atoms with Gasteiger partial charge in [-0.25, -0.2) is 4.79 Å². The number of hydrogen-bond donors (Lipinski definition) is 1. The van der Waals surface area contributed by atoms with Crippen LogP contribution in [0.2, 0.25) is 0 Å². The number of carboxylic acid groups (broad SMARTS) is 1. The van der Waals surface area contributed by atoms with E-state index in [1.807, 2.05) is 18.2 Å². The van der Waals surface area contributed by atoms with E-state index in [-0.39, 0.29) is 18.4 Å². The number of hydrogen-bond acceptors (Lipinski definition) is 4. The Morgan fingerprint density at radius 3 is 2.39 bits per heavy atom. The highest BCUT2D eigenvalue weighted by Gasteiger charge is 2.54. The SMILES string of the molecule is O=C(O)C1COC2(CCN(Cc3ccccc3)CC2)N1C(=O)C1CCCCC1. The molecule has 0 radical (unpaired) electrons. The van der Waals surface area contributed by atoms with Crippen molar-refractivity contribution in [2.75, 3.05) is 19.7 Å². The molecule has 6 heteroatoms. The molecule has 3 fully saturated rings. The van der Waals surface area contributed by atoms with Gasteiger partial charge in [-0.1, -0.05) is 49.6 Å². The second-order valence-corrected chi connectivity index (χ2v) is 8.42. The quantitative estimate of drug-likeness (QED) is 0.862. The first-order valence-electron chi connectivity index (χ1n) is 10.6. The van der Waals surface area contributed by atoms with Crippen molar-refractivity contribution in [3.05, 3.63) is 35.9 Å². The van der Waals surface area contributed by atoms with E-state index in [1.165, 1.54) is 12.0 Å². The summed E-state index contributed by atoms with van der Waals surface area (Å²) in [6.07, 6.45) is 6.36. The maximum Gasteiger partial charge on any atom is 0.328 e. The molecule has 0 aromatic heterocycles. The number of nitrogens with zero attached hydrogens (tertiary/aromatic N) is 2. The van der Waals surface area contributed by atoms with Gasteiger partial charge in [0.05, 0.1) is 6.61 Å². The molecule has 2 aliphatic heterocycles. The molecule has 2 heterocycles. The molecule has 1 amide bonds. The van der Waals surface area contributed by atoms with Crippen LogP contribution < -0.4 is 0 Å². The molecule has 1 N–H and O–H groups in total. The van der Waals surface area contributed by atoms with Crippen LogP contribution in [-0.4, -0.2) is 58.2 Å². The summed E-state index contributed by atoms with van der Waals surface area (Å²) in [6, 6.07) is 9.49. The Morgan fingerprint density at radius 2 is 1.75 bits per heavy atom. The molecule has 0 bridgehead atoms. The molecule has 152 valence electrons. The summed E-state index contributed by atoms with van der Waals surface area (Å²) in [4.78, 5) is 29.2. The second-order valence-electron chi connectivity index (χ2n) is 8.42. The number of piperidine rings is 1. The van der Waals surface area contributed by atoms with Crippen LogP contribution in [0, 0.1) is 5.92 Å². The van der Waals surface area contributed by atoms with E-state index in [0.29, 0.717) is 12.8 Å². The minimum absolute atomic E-state index is 0.00103. The second kappa shape index (κ2) is 8.21. The minimum Gasteiger partial charge on any atom is -0.480 e. The molecule has 1 aromatic rings. The van der Waals surface area contributed by atoms with E-state index in [9.17, 15) is 14.7 Å². The predicted octanol–water partition coefficient (Wildman–Crippen LogP) is 2.87. The molecular weight excluding hydrogens is 356 g/mol. The molecule has 1 aromatic carbocycles. The number of rotatable bonds is 4. The Morgan fingerprint density at radius 1 is 1.07 bits per heavy atom. The summed E-state index contributed by atoms with van der Waals surface area (Å²) < 4.78 is 6.08. The molecule has 4 rings (SSSR count). The van der Waals surface area contributed by atoms with Crippen molar-refractivity contribution in [2.24, 2.45) is 5.92 Å². The summed E-state index contributed by atoms with van der Waals surface area (Å²) >= 11 is 0. The van der Waals surface area contributed by atoms with Gasteiger partial charge in [0.15, 0.2) is 6.04 Å². The van der Waals surface area contributed by atoms with Crippen LogP contribution in [0.15, 0.2) is 30.3 Å². The number of carboxylic acids is 1. The standard InChI is InChI=1S/C22H30N2O4/c25-20(18-9-5-2-6-10-18)24-19(21(26)27)16-28-22(24)11-13-23(14-12-22)15-17-7-3-1-4-8-17/h1,3-4,7-8,18-19H,2,5-6,9-16H2,(H,26,27). The third-order valence-electron chi connectivity index (χ3n) is 6.62.